The Morgan fingerprint density at radius 2 is 1.92 bits per heavy atom. The van der Waals surface area contributed by atoms with Gasteiger partial charge in [-0.3, -0.25) is 24.6 Å². The number of likely N-dealkylation sites (tertiary alicyclic amines) is 1. The van der Waals surface area contributed by atoms with Crippen molar-refractivity contribution in [1.82, 2.24) is 10.2 Å². The van der Waals surface area contributed by atoms with E-state index in [0.29, 0.717) is 29.9 Å². The number of rotatable bonds is 8. The average molecular weight is 515 g/mol. The van der Waals surface area contributed by atoms with E-state index in [0.717, 1.165) is 53.5 Å². The maximum atomic E-state index is 13.4. The third kappa shape index (κ3) is 4.67. The van der Waals surface area contributed by atoms with Crippen molar-refractivity contribution >= 4 is 40.4 Å². The van der Waals surface area contributed by atoms with Gasteiger partial charge in [-0.1, -0.05) is 25.1 Å². The highest BCUT2D eigenvalue weighted by molar-refractivity contribution is 6.27. The molecule has 198 valence electrons. The van der Waals surface area contributed by atoms with Crippen molar-refractivity contribution in [2.45, 2.75) is 64.0 Å². The van der Waals surface area contributed by atoms with Crippen molar-refractivity contribution in [1.29, 1.82) is 5.41 Å². The smallest absolute Gasteiger partial charge is 0.259 e. The molecule has 3 heterocycles. The lowest BCUT2D eigenvalue weighted by Gasteiger charge is -2.32. The molecule has 1 unspecified atom stereocenters. The summed E-state index contributed by atoms with van der Waals surface area (Å²) in [5.74, 6) is -0.913. The Hall–Kier alpha value is -3.36. The average Bonchev–Trinajstić information content (AvgIpc) is 3.57. The number of piperidine rings is 2. The van der Waals surface area contributed by atoms with Crippen molar-refractivity contribution in [2.75, 3.05) is 24.5 Å². The second kappa shape index (κ2) is 9.75. The van der Waals surface area contributed by atoms with Crippen LogP contribution in [0.1, 0.15) is 61.4 Å². The van der Waals surface area contributed by atoms with Crippen LogP contribution in [0.3, 0.4) is 0 Å². The summed E-state index contributed by atoms with van der Waals surface area (Å²) in [6.45, 7) is 5.93. The predicted octanol–water partition coefficient (Wildman–Crippen LogP) is 2.51. The highest BCUT2D eigenvalue weighted by Gasteiger charge is 2.41. The summed E-state index contributed by atoms with van der Waals surface area (Å²) in [6, 6.07) is 9.48. The van der Waals surface area contributed by atoms with Gasteiger partial charge in [0, 0.05) is 68.1 Å². The van der Waals surface area contributed by atoms with Crippen molar-refractivity contribution in [2.24, 2.45) is 5.41 Å². The van der Waals surface area contributed by atoms with E-state index in [4.69, 9.17) is 5.41 Å². The molecule has 3 aliphatic heterocycles. The van der Waals surface area contributed by atoms with Crippen LogP contribution in [0.4, 0.5) is 5.69 Å². The van der Waals surface area contributed by atoms with Gasteiger partial charge in [0.15, 0.2) is 0 Å². The first-order valence-corrected chi connectivity index (χ1v) is 13.8. The van der Waals surface area contributed by atoms with Gasteiger partial charge in [0.2, 0.25) is 11.8 Å². The summed E-state index contributed by atoms with van der Waals surface area (Å²) in [7, 11) is 0. The van der Waals surface area contributed by atoms with Gasteiger partial charge < -0.3 is 15.6 Å². The minimum atomic E-state index is -0.688. The first-order valence-electron chi connectivity index (χ1n) is 13.8. The number of amides is 3. The highest BCUT2D eigenvalue weighted by Crippen LogP contribution is 2.45. The number of nitrogens with two attached hydrogens (primary N) is 1. The first-order chi connectivity index (χ1) is 18.3. The maximum absolute atomic E-state index is 13.4. The van der Waals surface area contributed by atoms with Gasteiger partial charge in [0.25, 0.3) is 5.91 Å². The molecule has 0 spiro atoms. The minimum Gasteiger partial charge on any atom is -0.317 e. The maximum Gasteiger partial charge on any atom is 0.259 e. The molecule has 3 amide bonds. The highest BCUT2D eigenvalue weighted by atomic mass is 16.2. The second-order valence-corrected chi connectivity index (χ2v) is 11.8. The molecule has 1 atom stereocenters. The number of allylic oxidation sites excluding steroid dienone is 1. The van der Waals surface area contributed by atoms with Crippen molar-refractivity contribution < 1.29 is 19.7 Å². The van der Waals surface area contributed by atoms with Crippen molar-refractivity contribution in [3.8, 4) is 0 Å². The molecule has 2 aromatic rings. The van der Waals surface area contributed by atoms with Crippen LogP contribution in [0.2, 0.25) is 0 Å². The summed E-state index contributed by atoms with van der Waals surface area (Å²) in [5.41, 5.74) is 3.86. The summed E-state index contributed by atoms with van der Waals surface area (Å²) >= 11 is 0. The zero-order chi connectivity index (χ0) is 26.4. The number of hydrogen-bond acceptors (Lipinski definition) is 5. The van der Waals surface area contributed by atoms with Crippen LogP contribution in [-0.4, -0.2) is 60.6 Å². The number of nitrogens with one attached hydrogen (secondary N) is 2. The number of carbonyl (C=O) groups excluding carboxylic acids is 3. The fourth-order valence-corrected chi connectivity index (χ4v) is 6.31. The van der Waals surface area contributed by atoms with Crippen LogP contribution in [0, 0.1) is 10.8 Å². The zero-order valence-electron chi connectivity index (χ0n) is 22.0. The Kier molecular flexibility index (Phi) is 6.40. The summed E-state index contributed by atoms with van der Waals surface area (Å²) in [4.78, 5) is 41.8. The normalized spacial score (nSPS) is 23.7. The molecule has 8 nitrogen and oxygen atoms in total. The van der Waals surface area contributed by atoms with Gasteiger partial charge in [-0.15, -0.1) is 0 Å². The third-order valence-electron chi connectivity index (χ3n) is 8.84. The molecule has 1 saturated carbocycles. The van der Waals surface area contributed by atoms with E-state index >= 15 is 0 Å². The van der Waals surface area contributed by atoms with Crippen molar-refractivity contribution in [3.05, 3.63) is 53.2 Å². The number of carbonyl (C=O) groups is 3. The quantitative estimate of drug-likeness (QED) is 0.371. The fraction of sp³-hybridized carbons (Fsp3) is 0.467. The van der Waals surface area contributed by atoms with Gasteiger partial charge in [-0.25, -0.2) is 0 Å². The van der Waals surface area contributed by atoms with Crippen LogP contribution in [-0.2, 0) is 16.0 Å². The Morgan fingerprint density at radius 3 is 2.63 bits per heavy atom. The van der Waals surface area contributed by atoms with Crippen LogP contribution in [0.25, 0.3) is 10.8 Å². The molecule has 1 aliphatic carbocycles. The predicted molar refractivity (Wildman–Crippen MR) is 146 cm³/mol. The molecule has 0 radical (unpaired) electrons. The molecule has 4 aliphatic rings. The fourth-order valence-electron chi connectivity index (χ4n) is 6.31. The Morgan fingerprint density at radius 1 is 1.13 bits per heavy atom. The second-order valence-electron chi connectivity index (χ2n) is 11.8. The van der Waals surface area contributed by atoms with Crippen LogP contribution in [0.5, 0.6) is 0 Å². The number of hydrogen-bond donors (Lipinski definition) is 3. The van der Waals surface area contributed by atoms with E-state index in [1.54, 1.807) is 11.0 Å². The largest absolute Gasteiger partial charge is 0.317 e. The molecule has 38 heavy (non-hydrogen) atoms. The Balaban J connectivity index is 1.18. The van der Waals surface area contributed by atoms with E-state index in [-0.39, 0.29) is 18.2 Å². The number of quaternary nitrogens is 1. The van der Waals surface area contributed by atoms with Gasteiger partial charge in [0.05, 0.1) is 17.9 Å². The van der Waals surface area contributed by atoms with Gasteiger partial charge in [-0.05, 0) is 47.8 Å². The lowest BCUT2D eigenvalue weighted by molar-refractivity contribution is -0.630. The first kappa shape index (κ1) is 24.9. The number of anilines is 1. The molecule has 2 saturated heterocycles. The summed E-state index contributed by atoms with van der Waals surface area (Å²) in [6.07, 6.45) is 9.75. The molecular weight excluding hydrogens is 478 g/mol. The van der Waals surface area contributed by atoms with Gasteiger partial charge in [-0.2, -0.15) is 0 Å². The SMILES string of the molecule is CC1(CN2CCC([NH2+]/C=C(\C=N)Cc3ccc4c5c(cccc35)C(=O)N4C3CCC(=O)NC3=O)CC2)CC1. The molecule has 8 heteroatoms. The van der Waals surface area contributed by atoms with Gasteiger partial charge >= 0.3 is 0 Å². The topological polar surface area (TPSA) is 110 Å². The number of nitrogens with zero attached hydrogens (tertiary/aromatic N) is 2. The van der Waals surface area contributed by atoms with Crippen LogP contribution >= 0.6 is 0 Å². The van der Waals surface area contributed by atoms with E-state index in [2.05, 4.69) is 28.7 Å². The molecule has 0 aromatic heterocycles. The summed E-state index contributed by atoms with van der Waals surface area (Å²) in [5, 5.41) is 14.5. The van der Waals surface area contributed by atoms with E-state index < -0.39 is 11.9 Å². The number of benzene rings is 2. The van der Waals surface area contributed by atoms with Gasteiger partial charge in [0.1, 0.15) is 6.04 Å². The molecule has 6 rings (SSSR count). The standard InChI is InChI=1S/C30H35N5O3/c1-30(11-12-30)18-34-13-9-21(10-14-34)32-17-19(16-31)15-20-5-6-24-27-22(20)3-2-4-23(27)29(38)35(24)25-7-8-26(36)33-28(25)37/h2-6,16-17,21,25,31-32H,7-15,18H2,1H3,(H,33,36,37)/p+1/b19-17-,31-16?. The molecule has 3 fully saturated rings. The monoisotopic (exact) mass is 514 g/mol. The lowest BCUT2D eigenvalue weighted by Crippen LogP contribution is -2.86. The molecule has 2 aromatic carbocycles. The summed E-state index contributed by atoms with van der Waals surface area (Å²) < 4.78 is 0. The molecule has 0 bridgehead atoms. The zero-order valence-corrected chi connectivity index (χ0v) is 22.0. The third-order valence-corrected chi connectivity index (χ3v) is 8.84. The van der Waals surface area contributed by atoms with Crippen LogP contribution < -0.4 is 15.5 Å². The van der Waals surface area contributed by atoms with Crippen molar-refractivity contribution in [3.63, 3.8) is 0 Å². The number of imide groups is 1. The molecule has 4 N–H and O–H groups in total. The lowest BCUT2D eigenvalue weighted by atomic mass is 9.96. The Bertz CT molecular complexity index is 1350. The molecular formula is C30H36N5O3+. The van der Waals surface area contributed by atoms with E-state index in [1.165, 1.54) is 25.6 Å². The van der Waals surface area contributed by atoms with E-state index in [9.17, 15) is 14.4 Å². The minimum absolute atomic E-state index is 0.199. The van der Waals surface area contributed by atoms with E-state index in [1.807, 2.05) is 24.3 Å². The van der Waals surface area contributed by atoms with Crippen LogP contribution in [0.15, 0.2) is 42.1 Å². The Labute approximate surface area is 222 Å².